The molecule has 4 heterocycles. The van der Waals surface area contributed by atoms with E-state index in [2.05, 4.69) is 48.1 Å². The van der Waals surface area contributed by atoms with Gasteiger partial charge in [-0.25, -0.2) is 9.67 Å². The van der Waals surface area contributed by atoms with Gasteiger partial charge < -0.3 is 10.1 Å². The molecule has 1 fully saturated rings. The van der Waals surface area contributed by atoms with Gasteiger partial charge in [0, 0.05) is 35.5 Å². The molecule has 0 radical (unpaired) electrons. The molecule has 1 saturated heterocycles. The van der Waals surface area contributed by atoms with Crippen molar-refractivity contribution in [1.29, 1.82) is 0 Å². The summed E-state index contributed by atoms with van der Waals surface area (Å²) in [6.07, 6.45) is 11.0. The van der Waals surface area contributed by atoms with E-state index in [-0.39, 0.29) is 12.1 Å². The highest BCUT2D eigenvalue weighted by Crippen LogP contribution is 2.30. The number of hydrogen-bond acceptors (Lipinski definition) is 6. The van der Waals surface area contributed by atoms with Crippen LogP contribution in [0.5, 0.6) is 0 Å². The minimum Gasteiger partial charge on any atom is -0.356 e. The van der Waals surface area contributed by atoms with Gasteiger partial charge in [-0.2, -0.15) is 5.10 Å². The molecule has 1 unspecified atom stereocenters. The zero-order chi connectivity index (χ0) is 28.7. The number of ether oxygens (including phenoxy) is 1. The molecule has 1 N–H and O–H groups in total. The lowest BCUT2D eigenvalue weighted by Gasteiger charge is -2.23. The Bertz CT molecular complexity index is 1130. The van der Waals surface area contributed by atoms with Gasteiger partial charge in [-0.05, 0) is 31.4 Å². The average Bonchev–Trinajstić information content (AvgIpc) is 3.29. The smallest absolute Gasteiger partial charge is 0.229 e. The largest absolute Gasteiger partial charge is 0.356 e. The van der Waals surface area contributed by atoms with E-state index in [4.69, 9.17) is 4.74 Å². The summed E-state index contributed by atoms with van der Waals surface area (Å²) in [5.41, 5.74) is 2.63. The van der Waals surface area contributed by atoms with Crippen LogP contribution in [0.15, 0.2) is 30.7 Å². The van der Waals surface area contributed by atoms with Crippen LogP contribution in [0.1, 0.15) is 111 Å². The van der Waals surface area contributed by atoms with Gasteiger partial charge in [0.1, 0.15) is 5.69 Å². The van der Waals surface area contributed by atoms with Crippen molar-refractivity contribution in [2.24, 2.45) is 5.41 Å². The van der Waals surface area contributed by atoms with Gasteiger partial charge in [0.2, 0.25) is 5.91 Å². The molecular weight excluding hydrogens is 478 g/mol. The number of carbonyl (C=O) groups excluding carboxylic acids is 2. The Hall–Kier alpha value is -3.13. The molecule has 3 aromatic rings. The van der Waals surface area contributed by atoms with Gasteiger partial charge in [-0.15, -0.1) is 0 Å². The number of aromatic nitrogens is 4. The molecule has 1 aliphatic rings. The molecule has 8 heteroatoms. The van der Waals surface area contributed by atoms with Crippen LogP contribution in [-0.2, 0) is 9.53 Å². The number of carbonyl (C=O) groups is 2. The summed E-state index contributed by atoms with van der Waals surface area (Å²) >= 11 is 0. The fourth-order valence-corrected chi connectivity index (χ4v) is 3.39. The first-order chi connectivity index (χ1) is 18.2. The first kappa shape index (κ1) is 32.9. The van der Waals surface area contributed by atoms with E-state index in [0.717, 1.165) is 36.7 Å². The molecule has 1 atom stereocenters. The fraction of sp³-hybridized carbons (Fsp3) is 0.567. The Balaban J connectivity index is 0.000000811. The number of hydrogen-bond donors (Lipinski definition) is 1. The molecule has 0 spiro atoms. The van der Waals surface area contributed by atoms with Crippen molar-refractivity contribution >= 4 is 28.9 Å². The molecule has 8 nitrogen and oxygen atoms in total. The quantitative estimate of drug-likeness (QED) is 0.348. The van der Waals surface area contributed by atoms with E-state index in [9.17, 15) is 9.59 Å². The Morgan fingerprint density at radius 2 is 1.68 bits per heavy atom. The lowest BCUT2D eigenvalue weighted by Crippen LogP contribution is -2.27. The number of nitrogens with zero attached hydrogens (tertiary/aromatic N) is 4. The molecule has 3 aromatic heterocycles. The third-order valence-corrected chi connectivity index (χ3v) is 5.13. The predicted molar refractivity (Wildman–Crippen MR) is 156 cm³/mol. The number of fused-ring (bicyclic) bond motifs is 1. The highest BCUT2D eigenvalue weighted by atomic mass is 16.5. The minimum absolute atomic E-state index is 0.0907. The van der Waals surface area contributed by atoms with E-state index >= 15 is 0 Å². The highest BCUT2D eigenvalue weighted by molar-refractivity contribution is 5.96. The topological polar surface area (TPSA) is 99.0 Å². The number of nitrogens with one attached hydrogen (secondary N) is 1. The summed E-state index contributed by atoms with van der Waals surface area (Å²) in [5.74, 6) is -0.0907. The van der Waals surface area contributed by atoms with Crippen molar-refractivity contribution < 1.29 is 14.3 Å². The maximum absolute atomic E-state index is 12.3. The van der Waals surface area contributed by atoms with E-state index in [1.54, 1.807) is 23.3 Å². The van der Waals surface area contributed by atoms with Crippen molar-refractivity contribution in [2.75, 3.05) is 11.9 Å². The number of rotatable bonds is 4. The monoisotopic (exact) mass is 525 g/mol. The maximum Gasteiger partial charge on any atom is 0.229 e. The standard InChI is InChI=1S/C22H25N5O3.2C3H8.C2H6/c1-22(2,3)21(29)25-16-8-14(10-23-12-16)15-9-17-18(13-28)26-27(20(17)24-11-15)19-6-4-5-7-30-19;2*1-3-2;1-2/h8-13,19H,4-7H2,1-3H3,(H,25,29);2*3H2,1-2H3;1-2H3. The summed E-state index contributed by atoms with van der Waals surface area (Å²) in [6, 6.07) is 3.72. The first-order valence-corrected chi connectivity index (χ1v) is 13.9. The normalized spacial score (nSPS) is 14.6. The number of aldehydes is 1. The van der Waals surface area contributed by atoms with Crippen LogP contribution in [0.25, 0.3) is 22.2 Å². The van der Waals surface area contributed by atoms with E-state index in [0.29, 0.717) is 29.0 Å². The molecule has 0 aromatic carbocycles. The van der Waals surface area contributed by atoms with Crippen molar-refractivity contribution in [2.45, 2.75) is 101 Å². The molecule has 0 aliphatic carbocycles. The first-order valence-electron chi connectivity index (χ1n) is 13.9. The van der Waals surface area contributed by atoms with Crippen LogP contribution >= 0.6 is 0 Å². The maximum atomic E-state index is 12.3. The van der Waals surface area contributed by atoms with Crippen molar-refractivity contribution in [1.82, 2.24) is 19.7 Å². The molecular formula is C30H47N5O3. The van der Waals surface area contributed by atoms with E-state index in [1.165, 1.54) is 12.8 Å². The second kappa shape index (κ2) is 16.7. The molecule has 0 saturated carbocycles. The number of anilines is 1. The molecule has 38 heavy (non-hydrogen) atoms. The Morgan fingerprint density at radius 1 is 1.05 bits per heavy atom. The van der Waals surface area contributed by atoms with Gasteiger partial charge in [0.05, 0.1) is 17.3 Å². The van der Waals surface area contributed by atoms with Crippen LogP contribution in [0.2, 0.25) is 0 Å². The summed E-state index contributed by atoms with van der Waals surface area (Å²) < 4.78 is 7.53. The molecule has 1 aliphatic heterocycles. The van der Waals surface area contributed by atoms with Gasteiger partial charge in [0.15, 0.2) is 18.2 Å². The second-order valence-corrected chi connectivity index (χ2v) is 9.94. The zero-order valence-electron chi connectivity index (χ0n) is 24.8. The van der Waals surface area contributed by atoms with E-state index in [1.807, 2.05) is 46.8 Å². The number of pyridine rings is 2. The minimum atomic E-state index is -0.509. The van der Waals surface area contributed by atoms with Crippen molar-refractivity contribution in [3.63, 3.8) is 0 Å². The molecule has 0 bridgehead atoms. The summed E-state index contributed by atoms with van der Waals surface area (Å²) in [6.45, 7) is 18.7. The van der Waals surface area contributed by atoms with Crippen LogP contribution in [0, 0.1) is 5.41 Å². The summed E-state index contributed by atoms with van der Waals surface area (Å²) in [5, 5.41) is 7.99. The van der Waals surface area contributed by atoms with Gasteiger partial charge in [-0.1, -0.05) is 75.2 Å². The van der Waals surface area contributed by atoms with Crippen LogP contribution in [0.4, 0.5) is 5.69 Å². The summed E-state index contributed by atoms with van der Waals surface area (Å²) in [7, 11) is 0. The summed E-state index contributed by atoms with van der Waals surface area (Å²) in [4.78, 5) is 32.7. The van der Waals surface area contributed by atoms with Gasteiger partial charge in [0.25, 0.3) is 0 Å². The fourth-order valence-electron chi connectivity index (χ4n) is 3.39. The molecule has 4 rings (SSSR count). The van der Waals surface area contributed by atoms with Gasteiger partial charge in [-0.3, -0.25) is 14.6 Å². The lowest BCUT2D eigenvalue weighted by atomic mass is 9.95. The van der Waals surface area contributed by atoms with Crippen LogP contribution in [0.3, 0.4) is 0 Å². The predicted octanol–water partition coefficient (Wildman–Crippen LogP) is 7.85. The molecule has 1 amide bonds. The second-order valence-electron chi connectivity index (χ2n) is 9.94. The Kier molecular flexibility index (Phi) is 14.4. The zero-order valence-corrected chi connectivity index (χ0v) is 24.8. The Morgan fingerprint density at radius 3 is 2.24 bits per heavy atom. The number of amides is 1. The van der Waals surface area contributed by atoms with E-state index < -0.39 is 5.41 Å². The van der Waals surface area contributed by atoms with Crippen LogP contribution < -0.4 is 5.32 Å². The molecule has 210 valence electrons. The Labute approximate surface area is 228 Å². The third kappa shape index (κ3) is 9.31. The van der Waals surface area contributed by atoms with Crippen LogP contribution in [-0.4, -0.2) is 38.5 Å². The van der Waals surface area contributed by atoms with Crippen molar-refractivity contribution in [3.8, 4) is 11.1 Å². The average molecular weight is 526 g/mol. The highest BCUT2D eigenvalue weighted by Gasteiger charge is 2.23. The SMILES string of the molecule is CC.CC(C)(C)C(=O)Nc1cncc(-c2cnc3c(c2)c(C=O)nn3C2CCCCO2)c1.CCC.CCC. The van der Waals surface area contributed by atoms with Crippen molar-refractivity contribution in [3.05, 3.63) is 36.4 Å². The third-order valence-electron chi connectivity index (χ3n) is 5.13. The lowest BCUT2D eigenvalue weighted by molar-refractivity contribution is -0.123. The van der Waals surface area contributed by atoms with Gasteiger partial charge >= 0.3 is 0 Å².